The summed E-state index contributed by atoms with van der Waals surface area (Å²) in [6.07, 6.45) is 2.31. The molecule has 0 saturated carbocycles. The minimum absolute atomic E-state index is 0. The summed E-state index contributed by atoms with van der Waals surface area (Å²) in [6.45, 7) is 17.5. The molecular formula is C33H42NO3Pt-. The maximum atomic E-state index is 12.1. The van der Waals surface area contributed by atoms with Gasteiger partial charge in [-0.1, -0.05) is 95.0 Å². The summed E-state index contributed by atoms with van der Waals surface area (Å²) in [6, 6.07) is 19.4. The van der Waals surface area contributed by atoms with E-state index in [1.807, 2.05) is 72.7 Å². The normalized spacial score (nSPS) is 12.1. The van der Waals surface area contributed by atoms with Crippen molar-refractivity contribution in [2.45, 2.75) is 75.3 Å². The molecule has 1 heterocycles. The number of hydrogen-bond acceptors (Lipinski definition) is 4. The predicted octanol–water partition coefficient (Wildman–Crippen LogP) is 8.19. The summed E-state index contributed by atoms with van der Waals surface area (Å²) < 4.78 is 0. The van der Waals surface area contributed by atoms with Gasteiger partial charge in [-0.2, -0.15) is 0 Å². The van der Waals surface area contributed by atoms with E-state index in [1.54, 1.807) is 6.20 Å². The van der Waals surface area contributed by atoms with Crippen LogP contribution < -0.4 is 0 Å². The maximum Gasteiger partial charge on any atom is 0.167 e. The Kier molecular flexibility index (Phi) is 12.3. The van der Waals surface area contributed by atoms with Gasteiger partial charge in [0.15, 0.2) is 5.78 Å². The number of aliphatic hydroxyl groups is 2. The SMILES string of the molecule is CC/C(C(=O)C(C)(C)C)=C(/O)C(C)(C)C.Cc1cccc(C)c1-c1ccc[c-]c1-c1cc(CO)ccn1.[Pt]. The average molecular weight is 696 g/mol. The van der Waals surface area contributed by atoms with Crippen LogP contribution in [-0.2, 0) is 32.5 Å². The van der Waals surface area contributed by atoms with E-state index >= 15 is 0 Å². The van der Waals surface area contributed by atoms with Gasteiger partial charge < -0.3 is 15.2 Å². The van der Waals surface area contributed by atoms with Gasteiger partial charge in [0.1, 0.15) is 5.76 Å². The number of pyridine rings is 1. The van der Waals surface area contributed by atoms with Gasteiger partial charge in [-0.15, -0.1) is 29.8 Å². The number of aromatic nitrogens is 1. The summed E-state index contributed by atoms with van der Waals surface area (Å²) in [7, 11) is 0. The number of Topliss-reactive ketones (excluding diaryl/α,β-unsaturated/α-hetero) is 1. The second-order valence-corrected chi connectivity index (χ2v) is 11.4. The first-order valence-corrected chi connectivity index (χ1v) is 12.8. The summed E-state index contributed by atoms with van der Waals surface area (Å²) >= 11 is 0. The Morgan fingerprint density at radius 3 is 2.05 bits per heavy atom. The Labute approximate surface area is 243 Å². The van der Waals surface area contributed by atoms with Gasteiger partial charge in [-0.25, -0.2) is 0 Å². The second-order valence-electron chi connectivity index (χ2n) is 11.4. The first kappa shape index (κ1) is 33.5. The van der Waals surface area contributed by atoms with Crippen LogP contribution >= 0.6 is 0 Å². The Hall–Kier alpha value is -2.55. The van der Waals surface area contributed by atoms with Crippen molar-refractivity contribution < 1.29 is 36.1 Å². The van der Waals surface area contributed by atoms with E-state index in [0.29, 0.717) is 12.0 Å². The van der Waals surface area contributed by atoms with E-state index in [0.717, 1.165) is 22.4 Å². The zero-order chi connectivity index (χ0) is 28.0. The van der Waals surface area contributed by atoms with Crippen molar-refractivity contribution in [3.63, 3.8) is 0 Å². The molecule has 3 aromatic rings. The van der Waals surface area contributed by atoms with Crippen molar-refractivity contribution in [3.05, 3.63) is 88.8 Å². The maximum absolute atomic E-state index is 12.1. The smallest absolute Gasteiger partial charge is 0.167 e. The molecule has 0 radical (unpaired) electrons. The molecule has 0 bridgehead atoms. The quantitative estimate of drug-likeness (QED) is 0.161. The van der Waals surface area contributed by atoms with E-state index in [9.17, 15) is 15.0 Å². The largest absolute Gasteiger partial charge is 0.511 e. The molecule has 0 aliphatic carbocycles. The third-order valence-electron chi connectivity index (χ3n) is 6.17. The van der Waals surface area contributed by atoms with Gasteiger partial charge in [-0.3, -0.25) is 4.79 Å². The number of rotatable bonds is 5. The summed E-state index contributed by atoms with van der Waals surface area (Å²) in [5.74, 6) is 0.266. The van der Waals surface area contributed by atoms with Crippen molar-refractivity contribution in [3.8, 4) is 22.4 Å². The third kappa shape index (κ3) is 8.48. The molecule has 2 aromatic carbocycles. The number of ketones is 1. The van der Waals surface area contributed by atoms with Crippen molar-refractivity contribution in [2.24, 2.45) is 10.8 Å². The first-order valence-electron chi connectivity index (χ1n) is 12.8. The van der Waals surface area contributed by atoms with Crippen LogP contribution in [0.4, 0.5) is 0 Å². The molecule has 3 rings (SSSR count). The molecule has 0 amide bonds. The fraction of sp³-hybridized carbons (Fsp3) is 0.394. The van der Waals surface area contributed by atoms with Gasteiger partial charge in [0.05, 0.1) is 6.61 Å². The molecule has 208 valence electrons. The Balaban J connectivity index is 0.000000401. The van der Waals surface area contributed by atoms with E-state index in [1.165, 1.54) is 16.7 Å². The number of carbonyl (C=O) groups excluding carboxylic acids is 1. The topological polar surface area (TPSA) is 70.4 Å². The molecule has 5 heteroatoms. The summed E-state index contributed by atoms with van der Waals surface area (Å²) in [5, 5.41) is 19.4. The first-order chi connectivity index (χ1) is 17.2. The van der Waals surface area contributed by atoms with Crippen LogP contribution in [0.2, 0.25) is 0 Å². The number of aryl methyl sites for hydroxylation is 2. The van der Waals surface area contributed by atoms with Crippen LogP contribution in [0.5, 0.6) is 0 Å². The molecule has 0 spiro atoms. The van der Waals surface area contributed by atoms with Crippen LogP contribution in [0, 0.1) is 30.7 Å². The predicted molar refractivity (Wildman–Crippen MR) is 153 cm³/mol. The van der Waals surface area contributed by atoms with Gasteiger partial charge in [0, 0.05) is 43.7 Å². The molecule has 0 saturated heterocycles. The van der Waals surface area contributed by atoms with E-state index in [4.69, 9.17) is 0 Å². The minimum Gasteiger partial charge on any atom is -0.511 e. The minimum atomic E-state index is -0.426. The van der Waals surface area contributed by atoms with E-state index < -0.39 is 5.41 Å². The number of hydrogen-bond donors (Lipinski definition) is 2. The number of allylic oxidation sites excluding steroid dienone is 2. The molecule has 1 aromatic heterocycles. The van der Waals surface area contributed by atoms with Crippen LogP contribution in [0.15, 0.2) is 66.1 Å². The Morgan fingerprint density at radius 1 is 0.947 bits per heavy atom. The molecule has 2 N–H and O–H groups in total. The molecule has 38 heavy (non-hydrogen) atoms. The second kappa shape index (κ2) is 14.0. The zero-order valence-electron chi connectivity index (χ0n) is 24.2. The fourth-order valence-corrected chi connectivity index (χ4v) is 4.15. The molecule has 0 fully saturated rings. The number of carbonyl (C=O) groups is 1. The molecule has 0 aliphatic heterocycles. The van der Waals surface area contributed by atoms with Crippen LogP contribution in [0.25, 0.3) is 22.4 Å². The van der Waals surface area contributed by atoms with Gasteiger partial charge >= 0.3 is 0 Å². The standard InChI is InChI=1S/C20H18NO.C13H24O2.Pt/c1-14-6-5-7-15(2)20(14)18-9-4-3-8-17(18)19-12-16(13-22)10-11-21-19;1-8-9(10(14)12(2,3)4)11(15)13(5,6)7;/h3-7,9-12,22H,13H2,1-2H3;14H,8H2,1-7H3;/q-1;;/b;10-9-;. The molecule has 0 atom stereocenters. The van der Waals surface area contributed by atoms with Gasteiger partial charge in [-0.05, 0) is 37.6 Å². The van der Waals surface area contributed by atoms with Crippen LogP contribution in [-0.4, -0.2) is 21.0 Å². The van der Waals surface area contributed by atoms with Gasteiger partial charge in [0.25, 0.3) is 0 Å². The Bertz CT molecular complexity index is 1240. The monoisotopic (exact) mass is 695 g/mol. The third-order valence-corrected chi connectivity index (χ3v) is 6.17. The number of benzene rings is 2. The van der Waals surface area contributed by atoms with Crippen molar-refractivity contribution in [1.29, 1.82) is 0 Å². The Morgan fingerprint density at radius 2 is 1.55 bits per heavy atom. The molecule has 4 nitrogen and oxygen atoms in total. The average Bonchev–Trinajstić information content (AvgIpc) is 2.84. The molecule has 0 aliphatic rings. The van der Waals surface area contributed by atoms with Crippen LogP contribution in [0.1, 0.15) is 71.6 Å². The molecule has 0 unspecified atom stereocenters. The van der Waals surface area contributed by atoms with Crippen molar-refractivity contribution in [2.75, 3.05) is 0 Å². The molecular weight excluding hydrogens is 653 g/mol. The van der Waals surface area contributed by atoms with Crippen molar-refractivity contribution >= 4 is 5.78 Å². The fourth-order valence-electron chi connectivity index (χ4n) is 4.15. The number of aliphatic hydroxyl groups excluding tert-OH is 2. The van der Waals surface area contributed by atoms with E-state index in [2.05, 4.69) is 49.2 Å². The summed E-state index contributed by atoms with van der Waals surface area (Å²) in [5.41, 5.74) is 7.27. The van der Waals surface area contributed by atoms with Crippen LogP contribution in [0.3, 0.4) is 0 Å². The number of nitrogens with zero attached hydrogens (tertiary/aromatic N) is 1. The van der Waals surface area contributed by atoms with E-state index in [-0.39, 0.29) is 44.6 Å². The van der Waals surface area contributed by atoms with Crippen molar-refractivity contribution in [1.82, 2.24) is 4.98 Å². The van der Waals surface area contributed by atoms with Gasteiger partial charge in [0.2, 0.25) is 0 Å². The zero-order valence-corrected chi connectivity index (χ0v) is 26.4. The summed E-state index contributed by atoms with van der Waals surface area (Å²) in [4.78, 5) is 16.5.